The molecular weight excluding hydrogens is 328 g/mol. The van der Waals surface area contributed by atoms with E-state index in [4.69, 9.17) is 9.16 Å². The number of hydrogen-bond donors (Lipinski definition) is 0. The minimum absolute atomic E-state index is 0.175. The fourth-order valence-corrected chi connectivity index (χ4v) is 10.2. The van der Waals surface area contributed by atoms with E-state index in [1.165, 1.54) is 5.57 Å². The van der Waals surface area contributed by atoms with E-state index in [1.807, 2.05) is 0 Å². The molecule has 0 spiro atoms. The van der Waals surface area contributed by atoms with E-state index in [1.54, 1.807) is 0 Å². The highest BCUT2D eigenvalue weighted by Gasteiger charge is 2.44. The van der Waals surface area contributed by atoms with Gasteiger partial charge in [0.15, 0.2) is 0 Å². The Morgan fingerprint density at radius 1 is 1.16 bits per heavy atom. The number of aldehydes is 1. The van der Waals surface area contributed by atoms with Gasteiger partial charge in [0.1, 0.15) is 6.29 Å². The van der Waals surface area contributed by atoms with Crippen molar-refractivity contribution in [3.05, 3.63) is 11.6 Å². The Hall–Kier alpha value is -0.453. The van der Waals surface area contributed by atoms with E-state index in [9.17, 15) is 4.79 Å². The van der Waals surface area contributed by atoms with Gasteiger partial charge in [0.2, 0.25) is 8.32 Å². The first kappa shape index (κ1) is 22.6. The van der Waals surface area contributed by atoms with Crippen LogP contribution in [0.3, 0.4) is 0 Å². The van der Waals surface area contributed by atoms with Crippen molar-refractivity contribution in [1.29, 1.82) is 0 Å². The molecule has 0 aromatic rings. The van der Waals surface area contributed by atoms with Crippen molar-refractivity contribution < 1.29 is 14.0 Å². The van der Waals surface area contributed by atoms with Crippen molar-refractivity contribution >= 4 is 14.6 Å². The van der Waals surface area contributed by atoms with Crippen LogP contribution >= 0.6 is 0 Å². The average molecular weight is 369 g/mol. The quantitative estimate of drug-likeness (QED) is 0.274. The lowest BCUT2D eigenvalue weighted by Gasteiger charge is -2.42. The molecule has 0 bridgehead atoms. The lowest BCUT2D eigenvalue weighted by molar-refractivity contribution is -0.108. The van der Waals surface area contributed by atoms with Gasteiger partial charge in [0.25, 0.3) is 0 Å². The van der Waals surface area contributed by atoms with Crippen molar-refractivity contribution in [3.63, 3.8) is 0 Å². The van der Waals surface area contributed by atoms with Crippen LogP contribution in [0.1, 0.15) is 74.7 Å². The fourth-order valence-electron chi connectivity index (χ4n) is 4.86. The summed E-state index contributed by atoms with van der Waals surface area (Å²) in [5, 5.41) is 0. The molecule has 0 radical (unpaired) electrons. The van der Waals surface area contributed by atoms with Crippen LogP contribution in [0.4, 0.5) is 0 Å². The number of rotatable bonds is 10. The van der Waals surface area contributed by atoms with Gasteiger partial charge < -0.3 is 14.0 Å². The molecule has 4 heteroatoms. The maximum absolute atomic E-state index is 10.6. The Kier molecular flexibility index (Phi) is 9.06. The molecule has 1 rings (SSSR count). The minimum Gasteiger partial charge on any atom is -0.412 e. The monoisotopic (exact) mass is 368 g/mol. The molecule has 1 aliphatic rings. The highest BCUT2D eigenvalue weighted by atomic mass is 28.4. The summed E-state index contributed by atoms with van der Waals surface area (Å²) in [7, 11) is -1.81. The van der Waals surface area contributed by atoms with Crippen molar-refractivity contribution in [2.24, 2.45) is 5.92 Å². The van der Waals surface area contributed by atoms with Gasteiger partial charge in [-0.3, -0.25) is 0 Å². The highest BCUT2D eigenvalue weighted by Crippen LogP contribution is 2.42. The van der Waals surface area contributed by atoms with E-state index in [-0.39, 0.29) is 12.2 Å². The molecule has 0 aliphatic carbocycles. The third kappa shape index (κ3) is 5.51. The minimum atomic E-state index is -1.81. The summed E-state index contributed by atoms with van der Waals surface area (Å²) in [4.78, 5) is 10.6. The number of hydrogen-bond acceptors (Lipinski definition) is 3. The normalized spacial score (nSPS) is 25.4. The van der Waals surface area contributed by atoms with Crippen molar-refractivity contribution in [3.8, 4) is 0 Å². The smallest absolute Gasteiger partial charge is 0.200 e. The fraction of sp³-hybridized carbons (Fsp3) is 0.857. The second-order valence-corrected chi connectivity index (χ2v) is 14.2. The summed E-state index contributed by atoms with van der Waals surface area (Å²) in [5.74, 6) is 0.509. The topological polar surface area (TPSA) is 35.5 Å². The summed E-state index contributed by atoms with van der Waals surface area (Å²) < 4.78 is 12.8. The van der Waals surface area contributed by atoms with Crippen molar-refractivity contribution in [2.45, 2.75) is 103 Å². The van der Waals surface area contributed by atoms with Crippen LogP contribution in [0, 0.1) is 5.92 Å². The first-order chi connectivity index (χ1) is 11.7. The zero-order chi connectivity index (χ0) is 19.2. The van der Waals surface area contributed by atoms with Crippen LogP contribution in [0.2, 0.25) is 16.6 Å². The SMILES string of the molecule is C/C(=C\CO[Si](C(C)C)(C(C)C)C(C)C)[C@@H]1O[C@H](CCC=O)C[C@H]1C. The third-order valence-electron chi connectivity index (χ3n) is 5.99. The largest absolute Gasteiger partial charge is 0.412 e. The van der Waals surface area contributed by atoms with Gasteiger partial charge in [-0.25, -0.2) is 0 Å². The van der Waals surface area contributed by atoms with Gasteiger partial charge in [-0.05, 0) is 47.9 Å². The molecule has 146 valence electrons. The van der Waals surface area contributed by atoms with Crippen LogP contribution in [0.5, 0.6) is 0 Å². The molecule has 25 heavy (non-hydrogen) atoms. The molecule has 0 aromatic heterocycles. The lowest BCUT2D eigenvalue weighted by Crippen LogP contribution is -2.47. The lowest BCUT2D eigenvalue weighted by atomic mass is 9.95. The maximum Gasteiger partial charge on any atom is 0.200 e. The summed E-state index contributed by atoms with van der Waals surface area (Å²) in [6, 6.07) is 0. The second-order valence-electron chi connectivity index (χ2n) is 8.71. The Balaban J connectivity index is 2.72. The summed E-state index contributed by atoms with van der Waals surface area (Å²) in [6.07, 6.45) is 6.12. The Morgan fingerprint density at radius 2 is 1.72 bits per heavy atom. The molecule has 0 unspecified atom stereocenters. The van der Waals surface area contributed by atoms with Crippen LogP contribution in [-0.2, 0) is 14.0 Å². The first-order valence-corrected chi connectivity index (χ1v) is 12.2. The molecular formula is C21H40O3Si. The van der Waals surface area contributed by atoms with E-state index < -0.39 is 8.32 Å². The molecule has 0 saturated carbocycles. The van der Waals surface area contributed by atoms with E-state index in [0.29, 0.717) is 35.6 Å². The summed E-state index contributed by atoms with van der Waals surface area (Å²) in [6.45, 7) is 19.0. The van der Waals surface area contributed by atoms with E-state index in [0.717, 1.165) is 19.1 Å². The van der Waals surface area contributed by atoms with E-state index >= 15 is 0 Å². The maximum atomic E-state index is 10.6. The Bertz CT molecular complexity index is 421. The van der Waals surface area contributed by atoms with Gasteiger partial charge in [0, 0.05) is 6.42 Å². The van der Waals surface area contributed by atoms with Gasteiger partial charge in [0.05, 0.1) is 18.8 Å². The standard InChI is InChI=1S/C21H40O3Si/c1-15(2)25(16(3)4,17(5)6)23-13-11-18(7)21-19(8)14-20(24-21)10-9-12-22/h11-12,15-17,19-21H,9-10,13-14H2,1-8H3/b18-11+/t19-,20-,21+/m1/s1. The predicted molar refractivity (Wildman–Crippen MR) is 108 cm³/mol. The van der Waals surface area contributed by atoms with Gasteiger partial charge in [-0.2, -0.15) is 0 Å². The molecule has 0 N–H and O–H groups in total. The molecule has 3 nitrogen and oxygen atoms in total. The summed E-state index contributed by atoms with van der Waals surface area (Å²) in [5.41, 5.74) is 3.10. The zero-order valence-electron chi connectivity index (χ0n) is 17.7. The van der Waals surface area contributed by atoms with Gasteiger partial charge in [-0.15, -0.1) is 0 Å². The molecule has 0 amide bonds. The van der Waals surface area contributed by atoms with Gasteiger partial charge >= 0.3 is 0 Å². The van der Waals surface area contributed by atoms with Crippen molar-refractivity contribution in [2.75, 3.05) is 6.61 Å². The third-order valence-corrected chi connectivity index (χ3v) is 12.1. The molecule has 1 heterocycles. The molecule has 0 aromatic carbocycles. The van der Waals surface area contributed by atoms with Crippen molar-refractivity contribution in [1.82, 2.24) is 0 Å². The Labute approximate surface area is 156 Å². The second kappa shape index (κ2) is 10.0. The molecule has 1 aliphatic heterocycles. The van der Waals surface area contributed by atoms with Crippen LogP contribution < -0.4 is 0 Å². The number of ether oxygens (including phenoxy) is 1. The molecule has 1 fully saturated rings. The molecule has 1 saturated heterocycles. The number of carbonyl (C=O) groups is 1. The van der Waals surface area contributed by atoms with Crippen LogP contribution in [-0.4, -0.2) is 33.4 Å². The average Bonchev–Trinajstić information content (AvgIpc) is 2.89. The first-order valence-electron chi connectivity index (χ1n) is 10.1. The zero-order valence-corrected chi connectivity index (χ0v) is 18.7. The number of carbonyl (C=O) groups excluding carboxylic acids is 1. The molecule has 3 atom stereocenters. The Morgan fingerprint density at radius 3 is 2.20 bits per heavy atom. The predicted octanol–water partition coefficient (Wildman–Crippen LogP) is 5.90. The highest BCUT2D eigenvalue weighted by molar-refractivity contribution is 6.77. The summed E-state index contributed by atoms with van der Waals surface area (Å²) >= 11 is 0. The van der Waals surface area contributed by atoms with Gasteiger partial charge in [-0.1, -0.05) is 54.5 Å². The van der Waals surface area contributed by atoms with E-state index in [2.05, 4.69) is 61.5 Å². The van der Waals surface area contributed by atoms with Crippen LogP contribution in [0.25, 0.3) is 0 Å². The van der Waals surface area contributed by atoms with Crippen LogP contribution in [0.15, 0.2) is 11.6 Å².